The molecule has 118 valence electrons. The summed E-state index contributed by atoms with van der Waals surface area (Å²) in [6.45, 7) is 2.95. The quantitative estimate of drug-likeness (QED) is 0.867. The first kappa shape index (κ1) is 15.3. The molecule has 0 saturated carbocycles. The summed E-state index contributed by atoms with van der Waals surface area (Å²) in [5.41, 5.74) is 4.10. The van der Waals surface area contributed by atoms with Crippen LogP contribution in [0.3, 0.4) is 0 Å². The minimum Gasteiger partial charge on any atom is -0.344 e. The van der Waals surface area contributed by atoms with Crippen molar-refractivity contribution in [3.8, 4) is 0 Å². The van der Waals surface area contributed by atoms with Crippen LogP contribution < -0.4 is 10.2 Å². The Hall–Kier alpha value is -2.62. The van der Waals surface area contributed by atoms with Crippen LogP contribution in [-0.4, -0.2) is 18.4 Å². The van der Waals surface area contributed by atoms with Gasteiger partial charge in [-0.25, -0.2) is 0 Å². The smallest absolute Gasteiger partial charge is 0.316 e. The number of anilines is 1. The van der Waals surface area contributed by atoms with Gasteiger partial charge in [-0.15, -0.1) is 0 Å². The average molecular weight is 308 g/mol. The molecule has 0 spiro atoms. The van der Waals surface area contributed by atoms with Crippen molar-refractivity contribution in [2.45, 2.75) is 26.3 Å². The molecule has 0 bridgehead atoms. The van der Waals surface area contributed by atoms with Crippen molar-refractivity contribution in [3.63, 3.8) is 0 Å². The molecule has 0 aromatic heterocycles. The molecule has 0 aliphatic carbocycles. The lowest BCUT2D eigenvalue weighted by molar-refractivity contribution is -0.137. The Morgan fingerprint density at radius 2 is 1.83 bits per heavy atom. The van der Waals surface area contributed by atoms with Crippen LogP contribution >= 0.6 is 0 Å². The lowest BCUT2D eigenvalue weighted by atomic mass is 10.0. The van der Waals surface area contributed by atoms with E-state index in [0.29, 0.717) is 13.1 Å². The van der Waals surface area contributed by atoms with Crippen molar-refractivity contribution in [2.24, 2.45) is 0 Å². The summed E-state index contributed by atoms with van der Waals surface area (Å²) in [4.78, 5) is 26.3. The Balaban J connectivity index is 1.69. The van der Waals surface area contributed by atoms with E-state index >= 15 is 0 Å². The maximum absolute atomic E-state index is 12.5. The third kappa shape index (κ3) is 3.26. The molecule has 0 fully saturated rings. The van der Waals surface area contributed by atoms with Gasteiger partial charge < -0.3 is 10.2 Å². The van der Waals surface area contributed by atoms with Crippen LogP contribution in [0.25, 0.3) is 0 Å². The maximum Gasteiger partial charge on any atom is 0.316 e. The normalized spacial score (nSPS) is 13.3. The van der Waals surface area contributed by atoms with Crippen LogP contribution in [0.4, 0.5) is 5.69 Å². The molecule has 4 nitrogen and oxygen atoms in total. The Kier molecular flexibility index (Phi) is 4.42. The topological polar surface area (TPSA) is 49.4 Å². The van der Waals surface area contributed by atoms with Gasteiger partial charge in [0.2, 0.25) is 0 Å². The van der Waals surface area contributed by atoms with E-state index in [4.69, 9.17) is 0 Å². The average Bonchev–Trinajstić information content (AvgIpc) is 2.59. The fourth-order valence-corrected chi connectivity index (χ4v) is 2.93. The van der Waals surface area contributed by atoms with Gasteiger partial charge in [-0.1, -0.05) is 42.5 Å². The van der Waals surface area contributed by atoms with E-state index in [1.54, 1.807) is 4.90 Å². The highest BCUT2D eigenvalue weighted by Gasteiger charge is 2.26. The number of benzene rings is 2. The molecule has 1 N–H and O–H groups in total. The summed E-state index contributed by atoms with van der Waals surface area (Å²) in [7, 11) is 0. The van der Waals surface area contributed by atoms with Gasteiger partial charge in [-0.3, -0.25) is 9.59 Å². The third-order valence-corrected chi connectivity index (χ3v) is 4.25. The maximum atomic E-state index is 12.5. The van der Waals surface area contributed by atoms with E-state index in [1.807, 2.05) is 55.5 Å². The molecule has 1 aliphatic rings. The highest BCUT2D eigenvalue weighted by atomic mass is 16.2. The molecule has 2 aromatic carbocycles. The minimum atomic E-state index is -0.551. The van der Waals surface area contributed by atoms with Crippen LogP contribution in [0.5, 0.6) is 0 Å². The molecule has 0 atom stereocenters. The van der Waals surface area contributed by atoms with Crippen molar-refractivity contribution in [3.05, 3.63) is 65.2 Å². The Morgan fingerprint density at radius 3 is 2.65 bits per heavy atom. The van der Waals surface area contributed by atoms with Crippen LogP contribution in [0.1, 0.15) is 23.1 Å². The summed E-state index contributed by atoms with van der Waals surface area (Å²) in [5.74, 6) is -1.03. The molecule has 1 heterocycles. The van der Waals surface area contributed by atoms with E-state index < -0.39 is 11.8 Å². The molecule has 3 rings (SSSR count). The third-order valence-electron chi connectivity index (χ3n) is 4.25. The molecular weight excluding hydrogens is 288 g/mol. The number of carbonyl (C=O) groups excluding carboxylic acids is 2. The van der Waals surface area contributed by atoms with Crippen LogP contribution in [0.2, 0.25) is 0 Å². The first-order valence-corrected chi connectivity index (χ1v) is 7.89. The van der Waals surface area contributed by atoms with E-state index in [1.165, 1.54) is 0 Å². The number of amides is 2. The molecule has 0 unspecified atom stereocenters. The molecule has 23 heavy (non-hydrogen) atoms. The van der Waals surface area contributed by atoms with Gasteiger partial charge in [0.1, 0.15) is 0 Å². The van der Waals surface area contributed by atoms with Crippen LogP contribution in [0, 0.1) is 6.92 Å². The number of carbonyl (C=O) groups is 2. The largest absolute Gasteiger partial charge is 0.344 e. The molecule has 2 aromatic rings. The number of aryl methyl sites for hydroxylation is 2. The lowest BCUT2D eigenvalue weighted by Crippen LogP contribution is -2.45. The Bertz CT molecular complexity index is 740. The van der Waals surface area contributed by atoms with E-state index in [0.717, 1.165) is 35.2 Å². The van der Waals surface area contributed by atoms with Gasteiger partial charge >= 0.3 is 11.8 Å². The molecule has 2 amide bonds. The van der Waals surface area contributed by atoms with E-state index in [-0.39, 0.29) is 0 Å². The first-order chi connectivity index (χ1) is 11.2. The summed E-state index contributed by atoms with van der Waals surface area (Å²) in [5, 5.41) is 2.74. The van der Waals surface area contributed by atoms with Gasteiger partial charge in [0.15, 0.2) is 0 Å². The van der Waals surface area contributed by atoms with Crippen molar-refractivity contribution in [1.82, 2.24) is 5.32 Å². The second kappa shape index (κ2) is 6.65. The molecule has 4 heteroatoms. The summed E-state index contributed by atoms with van der Waals surface area (Å²) in [6.07, 6.45) is 1.83. The summed E-state index contributed by atoms with van der Waals surface area (Å²) in [6, 6.07) is 15.6. The van der Waals surface area contributed by atoms with Gasteiger partial charge in [-0.05, 0) is 42.5 Å². The molecule has 1 aliphatic heterocycles. The predicted molar refractivity (Wildman–Crippen MR) is 90.1 cm³/mol. The summed E-state index contributed by atoms with van der Waals surface area (Å²) >= 11 is 0. The number of hydrogen-bond donors (Lipinski definition) is 1. The van der Waals surface area contributed by atoms with Gasteiger partial charge in [0.25, 0.3) is 0 Å². The molecular formula is C19H20N2O2. The molecule has 0 radical (unpaired) electrons. The number of rotatable bonds is 2. The first-order valence-electron chi connectivity index (χ1n) is 7.89. The monoisotopic (exact) mass is 308 g/mol. The number of hydrogen-bond acceptors (Lipinski definition) is 2. The minimum absolute atomic E-state index is 0.368. The standard InChI is InChI=1S/C19H20N2O2/c1-14-7-2-3-9-16(14)13-20-18(22)19(23)21-12-6-10-15-8-4-5-11-17(15)21/h2-5,7-9,11H,6,10,12-13H2,1H3,(H,20,22). The van der Waals surface area contributed by atoms with E-state index in [2.05, 4.69) is 5.32 Å². The highest BCUT2D eigenvalue weighted by molar-refractivity contribution is 6.40. The number of fused-ring (bicyclic) bond motifs is 1. The molecule has 0 saturated heterocycles. The van der Waals surface area contributed by atoms with Crippen molar-refractivity contribution >= 4 is 17.5 Å². The SMILES string of the molecule is Cc1ccccc1CNC(=O)C(=O)N1CCCc2ccccc21. The summed E-state index contributed by atoms with van der Waals surface area (Å²) < 4.78 is 0. The van der Waals surface area contributed by atoms with Crippen molar-refractivity contribution in [2.75, 3.05) is 11.4 Å². The zero-order valence-electron chi connectivity index (χ0n) is 13.2. The predicted octanol–water partition coefficient (Wildman–Crippen LogP) is 2.59. The van der Waals surface area contributed by atoms with Crippen LogP contribution in [0.15, 0.2) is 48.5 Å². The lowest BCUT2D eigenvalue weighted by Gasteiger charge is -2.28. The number of para-hydroxylation sites is 1. The second-order valence-corrected chi connectivity index (χ2v) is 5.80. The zero-order chi connectivity index (χ0) is 16.2. The number of nitrogens with zero attached hydrogens (tertiary/aromatic N) is 1. The number of nitrogens with one attached hydrogen (secondary N) is 1. The van der Waals surface area contributed by atoms with Crippen molar-refractivity contribution < 1.29 is 9.59 Å². The van der Waals surface area contributed by atoms with Crippen LogP contribution in [-0.2, 0) is 22.6 Å². The second-order valence-electron chi connectivity index (χ2n) is 5.80. The Morgan fingerprint density at radius 1 is 1.09 bits per heavy atom. The van der Waals surface area contributed by atoms with Crippen molar-refractivity contribution in [1.29, 1.82) is 0 Å². The van der Waals surface area contributed by atoms with Gasteiger partial charge in [0.05, 0.1) is 0 Å². The zero-order valence-corrected chi connectivity index (χ0v) is 13.2. The van der Waals surface area contributed by atoms with Gasteiger partial charge in [-0.2, -0.15) is 0 Å². The fraction of sp³-hybridized carbons (Fsp3) is 0.263. The highest BCUT2D eigenvalue weighted by Crippen LogP contribution is 2.26. The Labute approximate surface area is 136 Å². The van der Waals surface area contributed by atoms with E-state index in [9.17, 15) is 9.59 Å². The fourth-order valence-electron chi connectivity index (χ4n) is 2.93. The van der Waals surface area contributed by atoms with Gasteiger partial charge in [0, 0.05) is 18.8 Å².